The Hall–Kier alpha value is -1.64. The maximum absolute atomic E-state index is 12.9. The van der Waals surface area contributed by atoms with Crippen LogP contribution in [0.15, 0.2) is 24.3 Å². The zero-order chi connectivity index (χ0) is 15.7. The second kappa shape index (κ2) is 6.23. The summed E-state index contributed by atoms with van der Waals surface area (Å²) in [5.74, 6) is 0.978. The zero-order valence-corrected chi connectivity index (χ0v) is 13.5. The van der Waals surface area contributed by atoms with Crippen LogP contribution < -0.4 is 0 Å². The van der Waals surface area contributed by atoms with Crippen molar-refractivity contribution in [2.45, 2.75) is 70.4 Å². The van der Waals surface area contributed by atoms with E-state index in [9.17, 15) is 9.59 Å². The lowest BCUT2D eigenvalue weighted by Gasteiger charge is -2.34. The monoisotopic (exact) mass is 299 g/mol. The number of hydrogen-bond donors (Lipinski definition) is 0. The Kier molecular flexibility index (Phi) is 4.32. The lowest BCUT2D eigenvalue weighted by atomic mass is 9.92. The maximum Gasteiger partial charge on any atom is 0.254 e. The van der Waals surface area contributed by atoms with Crippen LogP contribution >= 0.6 is 0 Å². The Morgan fingerprint density at radius 1 is 1.00 bits per heavy atom. The molecule has 0 saturated heterocycles. The van der Waals surface area contributed by atoms with Gasteiger partial charge in [0.2, 0.25) is 0 Å². The first kappa shape index (κ1) is 15.3. The van der Waals surface area contributed by atoms with Crippen molar-refractivity contribution in [3.63, 3.8) is 0 Å². The third-order valence-corrected chi connectivity index (χ3v) is 4.91. The molecule has 0 spiro atoms. The van der Waals surface area contributed by atoms with E-state index < -0.39 is 0 Å². The highest BCUT2D eigenvalue weighted by Gasteiger charge is 2.38. The molecule has 2 fully saturated rings. The summed E-state index contributed by atoms with van der Waals surface area (Å²) in [5.41, 5.74) is 2.05. The van der Waals surface area contributed by atoms with Crippen LogP contribution in [0.4, 0.5) is 0 Å². The molecule has 1 aromatic rings. The van der Waals surface area contributed by atoms with Crippen LogP contribution in [0.25, 0.3) is 0 Å². The van der Waals surface area contributed by atoms with Crippen molar-refractivity contribution < 1.29 is 9.59 Å². The van der Waals surface area contributed by atoms with Crippen molar-refractivity contribution in [2.75, 3.05) is 0 Å². The summed E-state index contributed by atoms with van der Waals surface area (Å²) in [6.07, 6.45) is 5.16. The van der Waals surface area contributed by atoms with E-state index in [1.807, 2.05) is 12.1 Å². The summed E-state index contributed by atoms with van der Waals surface area (Å²) in [6, 6.07) is 8.70. The molecular formula is C19H25NO2. The molecule has 3 rings (SSSR count). The maximum atomic E-state index is 12.9. The number of nitrogens with zero attached hydrogens (tertiary/aromatic N) is 1. The fraction of sp³-hybridized carbons (Fsp3) is 0.579. The van der Waals surface area contributed by atoms with Crippen LogP contribution in [0.3, 0.4) is 0 Å². The van der Waals surface area contributed by atoms with E-state index in [1.54, 1.807) is 0 Å². The number of ketones is 1. The SMILES string of the molecule is CC(C)c1ccc(C(=O)N(C2CCC(=O)CC2)C2CC2)cc1. The quantitative estimate of drug-likeness (QED) is 0.845. The summed E-state index contributed by atoms with van der Waals surface area (Å²) in [6.45, 7) is 4.32. The summed E-state index contributed by atoms with van der Waals surface area (Å²) in [7, 11) is 0. The molecule has 0 heterocycles. The van der Waals surface area contributed by atoms with Gasteiger partial charge < -0.3 is 4.90 Å². The molecule has 0 atom stereocenters. The van der Waals surface area contributed by atoms with Crippen LogP contribution in [0.1, 0.15) is 74.2 Å². The second-order valence-electron chi connectivity index (χ2n) is 6.99. The van der Waals surface area contributed by atoms with Gasteiger partial charge in [-0.3, -0.25) is 9.59 Å². The highest BCUT2D eigenvalue weighted by atomic mass is 16.2. The first-order valence-corrected chi connectivity index (χ1v) is 8.50. The van der Waals surface area contributed by atoms with Crippen LogP contribution in [-0.2, 0) is 4.79 Å². The molecule has 0 radical (unpaired) electrons. The summed E-state index contributed by atoms with van der Waals surface area (Å²) in [5, 5.41) is 0. The molecule has 22 heavy (non-hydrogen) atoms. The van der Waals surface area contributed by atoms with E-state index in [1.165, 1.54) is 5.56 Å². The second-order valence-corrected chi connectivity index (χ2v) is 6.99. The number of benzene rings is 1. The predicted molar refractivity (Wildman–Crippen MR) is 87.0 cm³/mol. The Bertz CT molecular complexity index is 547. The lowest BCUT2D eigenvalue weighted by molar-refractivity contribution is -0.121. The van der Waals surface area contributed by atoms with Gasteiger partial charge in [-0.05, 0) is 49.3 Å². The fourth-order valence-electron chi connectivity index (χ4n) is 3.34. The summed E-state index contributed by atoms with van der Waals surface area (Å²) < 4.78 is 0. The van der Waals surface area contributed by atoms with Crippen LogP contribution in [0.2, 0.25) is 0 Å². The summed E-state index contributed by atoms with van der Waals surface area (Å²) >= 11 is 0. The fourth-order valence-corrected chi connectivity index (χ4v) is 3.34. The Labute approximate surface area is 132 Å². The normalized spacial score (nSPS) is 19.5. The number of hydrogen-bond acceptors (Lipinski definition) is 2. The predicted octanol–water partition coefficient (Wildman–Crippen LogP) is 3.93. The van der Waals surface area contributed by atoms with Crippen LogP contribution in [0.5, 0.6) is 0 Å². The Balaban J connectivity index is 1.76. The van der Waals surface area contributed by atoms with E-state index in [0.717, 1.165) is 31.2 Å². The molecule has 2 aliphatic rings. The Morgan fingerprint density at radius 3 is 2.05 bits per heavy atom. The van der Waals surface area contributed by atoms with Gasteiger partial charge in [-0.15, -0.1) is 0 Å². The van der Waals surface area contributed by atoms with Crippen molar-refractivity contribution in [1.82, 2.24) is 4.90 Å². The average Bonchev–Trinajstić information content (AvgIpc) is 3.34. The first-order valence-electron chi connectivity index (χ1n) is 8.50. The van der Waals surface area contributed by atoms with E-state index in [4.69, 9.17) is 0 Å². The molecule has 118 valence electrons. The molecule has 0 unspecified atom stereocenters. The highest BCUT2D eigenvalue weighted by molar-refractivity contribution is 5.95. The van der Waals surface area contributed by atoms with Crippen molar-refractivity contribution in [2.24, 2.45) is 0 Å². The minimum Gasteiger partial charge on any atom is -0.333 e. The van der Waals surface area contributed by atoms with Gasteiger partial charge in [0.05, 0.1) is 0 Å². The van der Waals surface area contributed by atoms with Gasteiger partial charge in [-0.2, -0.15) is 0 Å². The smallest absolute Gasteiger partial charge is 0.254 e. The van der Waals surface area contributed by atoms with E-state index in [2.05, 4.69) is 30.9 Å². The number of amides is 1. The van der Waals surface area contributed by atoms with Gasteiger partial charge in [0.25, 0.3) is 5.91 Å². The third-order valence-electron chi connectivity index (χ3n) is 4.91. The summed E-state index contributed by atoms with van der Waals surface area (Å²) in [4.78, 5) is 26.5. The molecule has 3 nitrogen and oxygen atoms in total. The minimum absolute atomic E-state index is 0.150. The minimum atomic E-state index is 0.150. The highest BCUT2D eigenvalue weighted by Crippen LogP contribution is 2.34. The number of carbonyl (C=O) groups excluding carboxylic acids is 2. The van der Waals surface area contributed by atoms with Gasteiger partial charge >= 0.3 is 0 Å². The van der Waals surface area contributed by atoms with Crippen molar-refractivity contribution in [3.05, 3.63) is 35.4 Å². The number of carbonyl (C=O) groups is 2. The lowest BCUT2D eigenvalue weighted by Crippen LogP contribution is -2.44. The van der Waals surface area contributed by atoms with Crippen molar-refractivity contribution in [1.29, 1.82) is 0 Å². The van der Waals surface area contributed by atoms with Crippen molar-refractivity contribution in [3.8, 4) is 0 Å². The molecule has 0 aliphatic heterocycles. The first-order chi connectivity index (χ1) is 10.6. The zero-order valence-electron chi connectivity index (χ0n) is 13.5. The molecule has 1 amide bonds. The average molecular weight is 299 g/mol. The van der Waals surface area contributed by atoms with Crippen molar-refractivity contribution >= 4 is 11.7 Å². The molecule has 0 aromatic heterocycles. The number of rotatable bonds is 4. The van der Waals surface area contributed by atoms with Crippen LogP contribution in [0, 0.1) is 0 Å². The third kappa shape index (κ3) is 3.23. The van der Waals surface area contributed by atoms with E-state index in [0.29, 0.717) is 30.6 Å². The largest absolute Gasteiger partial charge is 0.333 e. The van der Waals surface area contributed by atoms with Gasteiger partial charge in [-0.1, -0.05) is 26.0 Å². The molecule has 0 bridgehead atoms. The van der Waals surface area contributed by atoms with Gasteiger partial charge in [0.15, 0.2) is 0 Å². The molecular weight excluding hydrogens is 274 g/mol. The van der Waals surface area contributed by atoms with Gasteiger partial charge in [0.1, 0.15) is 5.78 Å². The van der Waals surface area contributed by atoms with Crippen LogP contribution in [-0.4, -0.2) is 28.7 Å². The molecule has 2 aliphatic carbocycles. The van der Waals surface area contributed by atoms with Gasteiger partial charge in [0, 0.05) is 30.5 Å². The van der Waals surface area contributed by atoms with E-state index >= 15 is 0 Å². The standard InChI is InChI=1S/C19H25NO2/c1-13(2)14-3-5-15(6-4-14)19(22)20(16-7-8-16)17-9-11-18(21)12-10-17/h3-6,13,16-17H,7-12H2,1-2H3. The van der Waals surface area contributed by atoms with E-state index in [-0.39, 0.29) is 11.9 Å². The topological polar surface area (TPSA) is 37.4 Å². The molecule has 1 aromatic carbocycles. The molecule has 2 saturated carbocycles. The van der Waals surface area contributed by atoms with Gasteiger partial charge in [-0.25, -0.2) is 0 Å². The molecule has 3 heteroatoms. The molecule has 0 N–H and O–H groups in total. The Morgan fingerprint density at radius 2 is 1.55 bits per heavy atom. The number of Topliss-reactive ketones (excluding diaryl/α,β-unsaturated/α-hetero) is 1.